The maximum atomic E-state index is 15.0. The lowest BCUT2D eigenvalue weighted by Crippen LogP contribution is -2.27. The summed E-state index contributed by atoms with van der Waals surface area (Å²) in [6.45, 7) is 0.410. The quantitative estimate of drug-likeness (QED) is 0.801. The van der Waals surface area contributed by atoms with E-state index in [0.717, 1.165) is 0 Å². The molecule has 0 fully saturated rings. The van der Waals surface area contributed by atoms with Gasteiger partial charge in [0.25, 0.3) is 0 Å². The number of rotatable bonds is 5. The number of nitriles is 1. The lowest BCUT2D eigenvalue weighted by molar-refractivity contribution is 0.325. The van der Waals surface area contributed by atoms with E-state index in [9.17, 15) is 4.39 Å². The molecule has 0 saturated heterocycles. The van der Waals surface area contributed by atoms with Gasteiger partial charge in [-0.25, -0.2) is 4.39 Å². The fraction of sp³-hybridized carbons (Fsp3) is 0.222. The smallest absolute Gasteiger partial charge is 0.167 e. The number of hydrogen-bond donors (Lipinski definition) is 2. The van der Waals surface area contributed by atoms with Crippen LogP contribution < -0.4 is 20.5 Å². The fourth-order valence-corrected chi connectivity index (χ4v) is 2.99. The molecule has 1 aliphatic heterocycles. The zero-order chi connectivity index (χ0) is 18.0. The molecule has 0 aliphatic carbocycles. The van der Waals surface area contributed by atoms with E-state index in [0.29, 0.717) is 46.9 Å². The third-order valence-corrected chi connectivity index (χ3v) is 4.28. The average Bonchev–Trinajstić information content (AvgIpc) is 3.11. The van der Waals surface area contributed by atoms with Crippen LogP contribution in [0.1, 0.15) is 22.7 Å². The van der Waals surface area contributed by atoms with E-state index < -0.39 is 11.9 Å². The van der Waals surface area contributed by atoms with Crippen molar-refractivity contribution in [3.63, 3.8) is 0 Å². The van der Waals surface area contributed by atoms with E-state index in [1.807, 2.05) is 6.07 Å². The molecule has 7 heteroatoms. The molecule has 1 heterocycles. The summed E-state index contributed by atoms with van der Waals surface area (Å²) in [5, 5.41) is 12.0. The van der Waals surface area contributed by atoms with Crippen LogP contribution in [0.15, 0.2) is 30.3 Å². The first-order chi connectivity index (χ1) is 12.0. The van der Waals surface area contributed by atoms with Crippen molar-refractivity contribution in [2.45, 2.75) is 12.5 Å². The number of nitrogens with zero attached hydrogens (tertiary/aromatic N) is 1. The van der Waals surface area contributed by atoms with Gasteiger partial charge in [-0.15, -0.1) is 0 Å². The summed E-state index contributed by atoms with van der Waals surface area (Å²) in [6, 6.07) is 9.64. The van der Waals surface area contributed by atoms with Crippen LogP contribution >= 0.6 is 12.2 Å². The summed E-state index contributed by atoms with van der Waals surface area (Å²) < 4.78 is 25.8. The van der Waals surface area contributed by atoms with Crippen LogP contribution in [-0.4, -0.2) is 18.7 Å². The van der Waals surface area contributed by atoms with Crippen molar-refractivity contribution in [2.24, 2.45) is 5.73 Å². The summed E-state index contributed by atoms with van der Waals surface area (Å²) >= 11 is 5.14. The number of fused-ring (bicyclic) bond motifs is 1. The molecule has 0 amide bonds. The molecule has 25 heavy (non-hydrogen) atoms. The highest BCUT2D eigenvalue weighted by atomic mass is 32.1. The molecule has 128 valence electrons. The van der Waals surface area contributed by atoms with Crippen LogP contribution in [0, 0.1) is 17.1 Å². The fourth-order valence-electron chi connectivity index (χ4n) is 2.80. The topological polar surface area (TPSA) is 80.3 Å². The highest BCUT2D eigenvalue weighted by molar-refractivity contribution is 7.80. The van der Waals surface area contributed by atoms with Crippen molar-refractivity contribution in [1.29, 1.82) is 5.26 Å². The molecule has 5 nitrogen and oxygen atoms in total. The zero-order valence-corrected chi connectivity index (χ0v) is 14.3. The number of nitrogens with one attached hydrogen (secondary N) is 1. The Morgan fingerprint density at radius 3 is 2.76 bits per heavy atom. The highest BCUT2D eigenvalue weighted by Crippen LogP contribution is 2.41. The van der Waals surface area contributed by atoms with Gasteiger partial charge in [0.2, 0.25) is 0 Å². The lowest BCUT2D eigenvalue weighted by Gasteiger charge is -2.22. The molecule has 1 unspecified atom stereocenters. The predicted octanol–water partition coefficient (Wildman–Crippen LogP) is 3.08. The van der Waals surface area contributed by atoms with Gasteiger partial charge in [-0.3, -0.25) is 0 Å². The van der Waals surface area contributed by atoms with Crippen LogP contribution in [0.5, 0.6) is 11.5 Å². The number of methoxy groups -OCH3 is 1. The molecule has 3 N–H and O–H groups in total. The van der Waals surface area contributed by atoms with Crippen molar-refractivity contribution in [3.05, 3.63) is 52.8 Å². The molecule has 0 bridgehead atoms. The number of hydrogen-bond acceptors (Lipinski definition) is 5. The number of ether oxygens (including phenoxy) is 2. The molecular formula is C18H16FN3O2S. The summed E-state index contributed by atoms with van der Waals surface area (Å²) in [5.41, 5.74) is 7.83. The summed E-state index contributed by atoms with van der Waals surface area (Å²) in [5.74, 6) is 0.489. The Kier molecular flexibility index (Phi) is 4.72. The van der Waals surface area contributed by atoms with E-state index in [1.165, 1.54) is 7.11 Å². The van der Waals surface area contributed by atoms with Crippen LogP contribution in [-0.2, 0) is 6.42 Å². The molecule has 0 radical (unpaired) electrons. The minimum Gasteiger partial charge on any atom is -0.493 e. The molecule has 1 atom stereocenters. The Bertz CT molecular complexity index is 862. The Balaban J connectivity index is 2.01. The van der Waals surface area contributed by atoms with E-state index in [-0.39, 0.29) is 4.99 Å². The summed E-state index contributed by atoms with van der Waals surface area (Å²) in [4.78, 5) is 0.101. The van der Waals surface area contributed by atoms with E-state index in [2.05, 4.69) is 5.32 Å². The second kappa shape index (κ2) is 6.95. The zero-order valence-electron chi connectivity index (χ0n) is 13.5. The Labute approximate surface area is 150 Å². The second-order valence-corrected chi connectivity index (χ2v) is 6.03. The van der Waals surface area contributed by atoms with Gasteiger partial charge < -0.3 is 20.5 Å². The number of anilines is 1. The van der Waals surface area contributed by atoms with Crippen molar-refractivity contribution in [2.75, 3.05) is 19.0 Å². The number of thiocarbonyl (C=S) groups is 1. The van der Waals surface area contributed by atoms with Gasteiger partial charge in [0.1, 0.15) is 16.8 Å². The number of halogens is 1. The van der Waals surface area contributed by atoms with Crippen molar-refractivity contribution >= 4 is 22.9 Å². The summed E-state index contributed by atoms with van der Waals surface area (Å²) in [6.07, 6.45) is 0.465. The van der Waals surface area contributed by atoms with Crippen molar-refractivity contribution in [1.82, 2.24) is 0 Å². The van der Waals surface area contributed by atoms with Gasteiger partial charge >= 0.3 is 0 Å². The van der Waals surface area contributed by atoms with Crippen LogP contribution in [0.4, 0.5) is 10.1 Å². The Morgan fingerprint density at radius 1 is 1.44 bits per heavy atom. The van der Waals surface area contributed by atoms with E-state index >= 15 is 0 Å². The molecule has 2 aromatic rings. The van der Waals surface area contributed by atoms with Gasteiger partial charge in [0.05, 0.1) is 25.3 Å². The maximum absolute atomic E-state index is 15.0. The van der Waals surface area contributed by atoms with E-state index in [4.69, 9.17) is 32.7 Å². The first kappa shape index (κ1) is 17.0. The van der Waals surface area contributed by atoms with Crippen molar-refractivity contribution < 1.29 is 13.9 Å². The average molecular weight is 357 g/mol. The molecular weight excluding hydrogens is 341 g/mol. The molecule has 3 rings (SSSR count). The number of benzene rings is 2. The summed E-state index contributed by atoms with van der Waals surface area (Å²) in [7, 11) is 1.50. The molecule has 0 spiro atoms. The third-order valence-electron chi connectivity index (χ3n) is 4.04. The van der Waals surface area contributed by atoms with Gasteiger partial charge in [0, 0.05) is 23.2 Å². The second-order valence-electron chi connectivity index (χ2n) is 5.56. The monoisotopic (exact) mass is 357 g/mol. The van der Waals surface area contributed by atoms with Gasteiger partial charge in [-0.05, 0) is 30.3 Å². The minimum absolute atomic E-state index is 0.101. The third kappa shape index (κ3) is 3.21. The van der Waals surface area contributed by atoms with Crippen molar-refractivity contribution in [3.8, 4) is 17.6 Å². The SMILES string of the molecule is COc1cc(C(Nc2ccc(C#N)cc2)C(N)=S)c(F)c2c1OCC2. The minimum atomic E-state index is -0.720. The molecule has 1 aliphatic rings. The van der Waals surface area contributed by atoms with Gasteiger partial charge in [0.15, 0.2) is 11.5 Å². The lowest BCUT2D eigenvalue weighted by atomic mass is 10.00. The molecule has 0 aromatic heterocycles. The molecule has 2 aromatic carbocycles. The Morgan fingerprint density at radius 2 is 2.16 bits per heavy atom. The van der Waals surface area contributed by atoms with Gasteiger partial charge in [-0.2, -0.15) is 5.26 Å². The van der Waals surface area contributed by atoms with Gasteiger partial charge in [-0.1, -0.05) is 12.2 Å². The molecule has 0 saturated carbocycles. The highest BCUT2D eigenvalue weighted by Gasteiger charge is 2.29. The maximum Gasteiger partial charge on any atom is 0.167 e. The first-order valence-corrected chi connectivity index (χ1v) is 8.04. The van der Waals surface area contributed by atoms with Crippen LogP contribution in [0.25, 0.3) is 0 Å². The Hall–Kier alpha value is -2.85. The normalized spacial score (nSPS) is 13.3. The van der Waals surface area contributed by atoms with Crippen LogP contribution in [0.3, 0.4) is 0 Å². The largest absolute Gasteiger partial charge is 0.493 e. The first-order valence-electron chi connectivity index (χ1n) is 7.63. The van der Waals surface area contributed by atoms with E-state index in [1.54, 1.807) is 30.3 Å². The number of nitrogens with two attached hydrogens (primary N) is 1. The predicted molar refractivity (Wildman–Crippen MR) is 96.5 cm³/mol. The standard InChI is InChI=1S/C18H16FN3O2S/c1-23-14-8-13(15(19)12-6-7-24-17(12)14)16(18(21)25)22-11-4-2-10(9-20)3-5-11/h2-5,8,16,22H,6-7H2,1H3,(H2,21,25). The van der Waals surface area contributed by atoms with Crippen LogP contribution in [0.2, 0.25) is 0 Å².